The number of rotatable bonds is 4. The summed E-state index contributed by atoms with van der Waals surface area (Å²) in [6, 6.07) is 2.22. The van der Waals surface area contributed by atoms with Crippen molar-refractivity contribution in [2.24, 2.45) is 0 Å². The van der Waals surface area contributed by atoms with Gasteiger partial charge in [0.2, 0.25) is 0 Å². The number of aromatic nitrogens is 1. The summed E-state index contributed by atoms with van der Waals surface area (Å²) in [6.45, 7) is 0.133. The Morgan fingerprint density at radius 3 is 2.67 bits per heavy atom. The van der Waals surface area contributed by atoms with Crippen LogP contribution in [-0.4, -0.2) is 29.2 Å². The van der Waals surface area contributed by atoms with Crippen molar-refractivity contribution in [2.45, 2.75) is 38.1 Å². The van der Waals surface area contributed by atoms with E-state index in [4.69, 9.17) is 4.74 Å². The van der Waals surface area contributed by atoms with Crippen LogP contribution in [0, 0.1) is 0 Å². The van der Waals surface area contributed by atoms with Gasteiger partial charge in [-0.2, -0.15) is 13.2 Å². The highest BCUT2D eigenvalue weighted by Crippen LogP contribution is 2.28. The lowest BCUT2D eigenvalue weighted by atomic mass is 9.96. The van der Waals surface area contributed by atoms with E-state index < -0.39 is 17.8 Å². The number of nitrogens with zero attached hydrogens (tertiary/aromatic N) is 2. The predicted molar refractivity (Wildman–Crippen MR) is 68.0 cm³/mol. The van der Waals surface area contributed by atoms with Gasteiger partial charge in [0.15, 0.2) is 0 Å². The van der Waals surface area contributed by atoms with E-state index in [1.807, 2.05) is 0 Å². The van der Waals surface area contributed by atoms with Gasteiger partial charge in [-0.1, -0.05) is 0 Å². The minimum Gasteiger partial charge on any atom is -0.445 e. The molecule has 1 heterocycles. The summed E-state index contributed by atoms with van der Waals surface area (Å²) in [5.74, 6) is 0. The zero-order valence-corrected chi connectivity index (χ0v) is 11.5. The first-order valence-corrected chi connectivity index (χ1v) is 6.56. The molecule has 21 heavy (non-hydrogen) atoms. The van der Waals surface area contributed by atoms with Gasteiger partial charge in [-0.05, 0) is 31.4 Å². The number of ether oxygens (including phenoxy) is 1. The first-order valence-electron chi connectivity index (χ1n) is 6.56. The van der Waals surface area contributed by atoms with Crippen LogP contribution in [0.3, 0.4) is 0 Å². The number of alkyl halides is 3. The topological polar surface area (TPSA) is 54.5 Å². The lowest BCUT2D eigenvalue weighted by Gasteiger charge is -2.27. The lowest BCUT2D eigenvalue weighted by molar-refractivity contribution is -0.137. The minimum atomic E-state index is -4.40. The highest BCUT2D eigenvalue weighted by molar-refractivity contribution is 5.66. The van der Waals surface area contributed by atoms with Gasteiger partial charge in [0, 0.05) is 13.2 Å². The molecule has 0 aromatic carbocycles. The van der Waals surface area contributed by atoms with Crippen molar-refractivity contribution in [1.82, 2.24) is 15.4 Å². The van der Waals surface area contributed by atoms with Crippen molar-refractivity contribution >= 4 is 6.09 Å². The number of halogens is 3. The predicted octanol–water partition coefficient (Wildman–Crippen LogP) is 2.73. The van der Waals surface area contributed by atoms with Crippen molar-refractivity contribution in [3.63, 3.8) is 0 Å². The van der Waals surface area contributed by atoms with Crippen LogP contribution in [0.5, 0.6) is 0 Å². The summed E-state index contributed by atoms with van der Waals surface area (Å²) in [5.41, 5.74) is 2.32. The number of pyridine rings is 1. The third-order valence-electron chi connectivity index (χ3n) is 3.24. The average Bonchev–Trinajstić information content (AvgIpc) is 2.39. The van der Waals surface area contributed by atoms with Gasteiger partial charge in [0.1, 0.15) is 6.10 Å². The van der Waals surface area contributed by atoms with Crippen LogP contribution < -0.4 is 5.43 Å². The summed E-state index contributed by atoms with van der Waals surface area (Å²) in [5, 5.41) is 1.16. The second-order valence-corrected chi connectivity index (χ2v) is 4.87. The molecule has 0 bridgehead atoms. The van der Waals surface area contributed by atoms with Crippen molar-refractivity contribution in [1.29, 1.82) is 0 Å². The van der Waals surface area contributed by atoms with E-state index in [1.54, 1.807) is 0 Å². The van der Waals surface area contributed by atoms with Crippen molar-refractivity contribution in [2.75, 3.05) is 7.05 Å². The zero-order valence-electron chi connectivity index (χ0n) is 11.5. The van der Waals surface area contributed by atoms with E-state index in [-0.39, 0.29) is 12.6 Å². The second kappa shape index (κ2) is 6.30. The molecule has 1 saturated carbocycles. The molecule has 1 aromatic heterocycles. The lowest BCUT2D eigenvalue weighted by Crippen LogP contribution is -2.42. The summed E-state index contributed by atoms with van der Waals surface area (Å²) in [4.78, 5) is 15.3. The fourth-order valence-corrected chi connectivity index (χ4v) is 1.67. The summed E-state index contributed by atoms with van der Waals surface area (Å²) >= 11 is 0. The molecule has 116 valence electrons. The van der Waals surface area contributed by atoms with Gasteiger partial charge in [0.05, 0.1) is 17.8 Å². The molecule has 1 amide bonds. The van der Waals surface area contributed by atoms with Crippen LogP contribution in [0.25, 0.3) is 0 Å². The Morgan fingerprint density at radius 1 is 1.48 bits per heavy atom. The van der Waals surface area contributed by atoms with Gasteiger partial charge in [0.25, 0.3) is 0 Å². The SMILES string of the molecule is CN(NCc1ccc(C(F)(F)F)cn1)C(=O)OC1CCC1. The third-order valence-corrected chi connectivity index (χ3v) is 3.24. The molecule has 0 spiro atoms. The van der Waals surface area contributed by atoms with Gasteiger partial charge in [-0.25, -0.2) is 15.2 Å². The first-order chi connectivity index (χ1) is 9.86. The molecule has 1 N–H and O–H groups in total. The molecule has 1 aliphatic carbocycles. The summed E-state index contributed by atoms with van der Waals surface area (Å²) in [6.07, 6.45) is -1.35. The van der Waals surface area contributed by atoms with Crippen LogP contribution >= 0.6 is 0 Å². The quantitative estimate of drug-likeness (QED) is 0.869. The van der Waals surface area contributed by atoms with Crippen molar-refractivity contribution in [3.8, 4) is 0 Å². The fraction of sp³-hybridized carbons (Fsp3) is 0.538. The highest BCUT2D eigenvalue weighted by atomic mass is 19.4. The molecule has 1 aliphatic rings. The normalized spacial score (nSPS) is 15.4. The Kier molecular flexibility index (Phi) is 4.66. The molecule has 2 rings (SSSR count). The van der Waals surface area contributed by atoms with Crippen molar-refractivity contribution in [3.05, 3.63) is 29.6 Å². The van der Waals surface area contributed by atoms with E-state index in [9.17, 15) is 18.0 Å². The van der Waals surface area contributed by atoms with Crippen LogP contribution in [0.4, 0.5) is 18.0 Å². The molecule has 1 fully saturated rings. The first kappa shape index (κ1) is 15.6. The number of hydrogen-bond acceptors (Lipinski definition) is 4. The van der Waals surface area contributed by atoms with Gasteiger partial charge < -0.3 is 4.74 Å². The third kappa shape index (κ3) is 4.32. The average molecular weight is 303 g/mol. The Labute approximate surface area is 120 Å². The zero-order chi connectivity index (χ0) is 15.5. The minimum absolute atomic E-state index is 0.0223. The summed E-state index contributed by atoms with van der Waals surface area (Å²) < 4.78 is 42.3. The molecule has 0 radical (unpaired) electrons. The molecule has 0 atom stereocenters. The number of hydrazine groups is 1. The largest absolute Gasteiger partial charge is 0.445 e. The van der Waals surface area contributed by atoms with E-state index >= 15 is 0 Å². The van der Waals surface area contributed by atoms with E-state index in [1.165, 1.54) is 13.1 Å². The molecular weight excluding hydrogens is 287 g/mol. The van der Waals surface area contributed by atoms with E-state index in [2.05, 4.69) is 10.4 Å². The molecule has 0 saturated heterocycles. The number of hydrogen-bond donors (Lipinski definition) is 1. The maximum atomic E-state index is 12.4. The molecular formula is C13H16F3N3O2. The molecule has 1 aromatic rings. The van der Waals surface area contributed by atoms with Crippen LogP contribution in [0.1, 0.15) is 30.5 Å². The Morgan fingerprint density at radius 2 is 2.19 bits per heavy atom. The maximum absolute atomic E-state index is 12.4. The Hall–Kier alpha value is -1.83. The number of carbonyl (C=O) groups excluding carboxylic acids is 1. The van der Waals surface area contributed by atoms with Crippen LogP contribution in [0.15, 0.2) is 18.3 Å². The highest BCUT2D eigenvalue weighted by Gasteiger charge is 2.30. The Bertz CT molecular complexity index is 486. The molecule has 0 aliphatic heterocycles. The van der Waals surface area contributed by atoms with E-state index in [0.29, 0.717) is 5.69 Å². The monoisotopic (exact) mass is 303 g/mol. The Balaban J connectivity index is 1.80. The van der Waals surface area contributed by atoms with E-state index in [0.717, 1.165) is 36.5 Å². The standard InChI is InChI=1S/C13H16F3N3O2/c1-19(12(20)21-11-3-2-4-11)18-8-10-6-5-9(7-17-10)13(14,15)16/h5-7,11,18H,2-4,8H2,1H3. The number of amides is 1. The number of nitrogens with one attached hydrogen (secondary N) is 1. The van der Waals surface area contributed by atoms with Gasteiger partial charge in [-0.15, -0.1) is 0 Å². The molecule has 8 heteroatoms. The van der Waals surface area contributed by atoms with Crippen molar-refractivity contribution < 1.29 is 22.7 Å². The summed E-state index contributed by atoms with van der Waals surface area (Å²) in [7, 11) is 1.49. The molecule has 0 unspecified atom stereocenters. The second-order valence-electron chi connectivity index (χ2n) is 4.87. The van der Waals surface area contributed by atoms with Crippen LogP contribution in [0.2, 0.25) is 0 Å². The van der Waals surface area contributed by atoms with Gasteiger partial charge in [-0.3, -0.25) is 4.98 Å². The maximum Gasteiger partial charge on any atom is 0.424 e. The number of carbonyl (C=O) groups is 1. The smallest absolute Gasteiger partial charge is 0.424 e. The van der Waals surface area contributed by atoms with Gasteiger partial charge >= 0.3 is 12.3 Å². The fourth-order valence-electron chi connectivity index (χ4n) is 1.67. The molecule has 5 nitrogen and oxygen atoms in total. The van der Waals surface area contributed by atoms with Crippen LogP contribution in [-0.2, 0) is 17.5 Å².